The Hall–Kier alpha value is -0.530. The summed E-state index contributed by atoms with van der Waals surface area (Å²) in [5.74, 6) is 0.268. The molecule has 0 aromatic heterocycles. The number of hydrogen-bond donors (Lipinski definition) is 0. The highest BCUT2D eigenvalue weighted by molar-refractivity contribution is 5.73. The van der Waals surface area contributed by atoms with E-state index >= 15 is 0 Å². The largest absolute Gasteiger partial charge is 0.465 e. The van der Waals surface area contributed by atoms with E-state index in [0.717, 1.165) is 12.8 Å². The predicted octanol–water partition coefficient (Wildman–Crippen LogP) is 4.86. The van der Waals surface area contributed by atoms with Gasteiger partial charge in [-0.25, -0.2) is 0 Å². The third-order valence-corrected chi connectivity index (χ3v) is 3.95. The van der Waals surface area contributed by atoms with Gasteiger partial charge >= 0.3 is 5.97 Å². The van der Waals surface area contributed by atoms with Gasteiger partial charge in [0.2, 0.25) is 0 Å². The molecule has 0 unspecified atom stereocenters. The van der Waals surface area contributed by atoms with Gasteiger partial charge in [0.1, 0.15) is 0 Å². The van der Waals surface area contributed by atoms with Crippen molar-refractivity contribution in [3.05, 3.63) is 0 Å². The van der Waals surface area contributed by atoms with E-state index in [4.69, 9.17) is 4.74 Å². The van der Waals surface area contributed by atoms with Crippen LogP contribution in [0.5, 0.6) is 0 Å². The van der Waals surface area contributed by atoms with Crippen molar-refractivity contribution in [1.29, 1.82) is 0 Å². The molecule has 1 atom stereocenters. The molecule has 1 heterocycles. The van der Waals surface area contributed by atoms with Crippen molar-refractivity contribution in [2.45, 2.75) is 84.0 Å². The third kappa shape index (κ3) is 7.03. The van der Waals surface area contributed by atoms with Gasteiger partial charge in [0.05, 0.1) is 12.5 Å². The van der Waals surface area contributed by atoms with E-state index < -0.39 is 0 Å². The minimum Gasteiger partial charge on any atom is -0.465 e. The monoisotopic (exact) mass is 254 g/mol. The lowest BCUT2D eigenvalue weighted by Gasteiger charge is -2.05. The van der Waals surface area contributed by atoms with Crippen molar-refractivity contribution < 1.29 is 9.53 Å². The van der Waals surface area contributed by atoms with Crippen LogP contribution in [0, 0.1) is 5.92 Å². The maximum Gasteiger partial charge on any atom is 0.309 e. The second-order valence-electron chi connectivity index (χ2n) is 5.62. The van der Waals surface area contributed by atoms with E-state index in [0.29, 0.717) is 6.61 Å². The third-order valence-electron chi connectivity index (χ3n) is 3.95. The lowest BCUT2D eigenvalue weighted by molar-refractivity contribution is -0.141. The van der Waals surface area contributed by atoms with E-state index in [1.165, 1.54) is 64.2 Å². The molecule has 1 saturated heterocycles. The Morgan fingerprint density at radius 1 is 0.944 bits per heavy atom. The lowest BCUT2D eigenvalue weighted by atomic mass is 9.99. The molecule has 0 spiro atoms. The minimum atomic E-state index is 0.0472. The highest BCUT2D eigenvalue weighted by Gasteiger charge is 2.25. The van der Waals surface area contributed by atoms with Crippen LogP contribution in [-0.4, -0.2) is 12.6 Å². The van der Waals surface area contributed by atoms with Gasteiger partial charge in [-0.3, -0.25) is 4.79 Å². The molecule has 2 heteroatoms. The van der Waals surface area contributed by atoms with Gasteiger partial charge in [0.15, 0.2) is 0 Å². The van der Waals surface area contributed by atoms with Crippen LogP contribution in [0.25, 0.3) is 0 Å². The molecule has 18 heavy (non-hydrogen) atoms. The molecule has 0 bridgehead atoms. The highest BCUT2D eigenvalue weighted by atomic mass is 16.5. The SMILES string of the molecule is CCCCCCCCCCCC[C@H]1CCOC1=O. The number of hydrogen-bond acceptors (Lipinski definition) is 2. The zero-order valence-corrected chi connectivity index (χ0v) is 12.1. The van der Waals surface area contributed by atoms with Crippen LogP contribution in [0.1, 0.15) is 84.0 Å². The van der Waals surface area contributed by atoms with Crippen molar-refractivity contribution in [3.8, 4) is 0 Å². The van der Waals surface area contributed by atoms with Gasteiger partial charge < -0.3 is 4.74 Å². The molecule has 0 aromatic rings. The van der Waals surface area contributed by atoms with Crippen LogP contribution in [0.4, 0.5) is 0 Å². The lowest BCUT2D eigenvalue weighted by Crippen LogP contribution is -2.06. The molecule has 0 amide bonds. The number of carbonyl (C=O) groups is 1. The number of unbranched alkanes of at least 4 members (excludes halogenated alkanes) is 9. The standard InChI is InChI=1S/C16H30O2/c1-2-3-4-5-6-7-8-9-10-11-12-15-13-14-18-16(15)17/h15H,2-14H2,1H3/t15-/m0/s1. The van der Waals surface area contributed by atoms with Crippen LogP contribution in [0.15, 0.2) is 0 Å². The van der Waals surface area contributed by atoms with E-state index in [1.807, 2.05) is 0 Å². The molecule has 0 aromatic carbocycles. The Balaban J connectivity index is 1.77. The number of rotatable bonds is 11. The number of carbonyl (C=O) groups excluding carboxylic acids is 1. The molecule has 1 aliphatic heterocycles. The molecular weight excluding hydrogens is 224 g/mol. The first-order valence-corrected chi connectivity index (χ1v) is 8.01. The van der Waals surface area contributed by atoms with Gasteiger partial charge in [-0.05, 0) is 12.8 Å². The topological polar surface area (TPSA) is 26.3 Å². The van der Waals surface area contributed by atoms with Gasteiger partial charge in [-0.15, -0.1) is 0 Å². The van der Waals surface area contributed by atoms with Crippen LogP contribution in [0.2, 0.25) is 0 Å². The smallest absolute Gasteiger partial charge is 0.309 e. The van der Waals surface area contributed by atoms with Gasteiger partial charge in [-0.2, -0.15) is 0 Å². The molecule has 1 rings (SSSR count). The van der Waals surface area contributed by atoms with Crippen molar-refractivity contribution in [2.75, 3.05) is 6.61 Å². The average molecular weight is 254 g/mol. The number of cyclic esters (lactones) is 1. The van der Waals surface area contributed by atoms with Gasteiger partial charge in [0, 0.05) is 0 Å². The van der Waals surface area contributed by atoms with E-state index in [9.17, 15) is 4.79 Å². The first-order valence-electron chi connectivity index (χ1n) is 8.01. The summed E-state index contributed by atoms with van der Waals surface area (Å²) in [4.78, 5) is 11.2. The molecule has 1 aliphatic rings. The molecule has 0 aliphatic carbocycles. The van der Waals surface area contributed by atoms with Gasteiger partial charge in [-0.1, -0.05) is 71.1 Å². The summed E-state index contributed by atoms with van der Waals surface area (Å²) < 4.78 is 4.97. The Morgan fingerprint density at radius 3 is 2.00 bits per heavy atom. The predicted molar refractivity (Wildman–Crippen MR) is 75.5 cm³/mol. The van der Waals surface area contributed by atoms with Gasteiger partial charge in [0.25, 0.3) is 0 Å². The molecule has 0 saturated carbocycles. The summed E-state index contributed by atoms with van der Waals surface area (Å²) in [6.07, 6.45) is 15.6. The van der Waals surface area contributed by atoms with Crippen molar-refractivity contribution in [3.63, 3.8) is 0 Å². The van der Waals surface area contributed by atoms with Crippen molar-refractivity contribution in [1.82, 2.24) is 0 Å². The molecule has 1 fully saturated rings. The van der Waals surface area contributed by atoms with Crippen molar-refractivity contribution in [2.24, 2.45) is 5.92 Å². The van der Waals surface area contributed by atoms with Crippen molar-refractivity contribution >= 4 is 5.97 Å². The van der Waals surface area contributed by atoms with E-state index in [2.05, 4.69) is 6.92 Å². The number of esters is 1. The van der Waals surface area contributed by atoms with E-state index in [-0.39, 0.29) is 11.9 Å². The molecule has 2 nitrogen and oxygen atoms in total. The zero-order chi connectivity index (χ0) is 13.1. The summed E-state index contributed by atoms with van der Waals surface area (Å²) in [5.41, 5.74) is 0. The normalized spacial score (nSPS) is 19.2. The van der Waals surface area contributed by atoms with Crippen LogP contribution in [-0.2, 0) is 9.53 Å². The molecular formula is C16H30O2. The van der Waals surface area contributed by atoms with Crippen LogP contribution < -0.4 is 0 Å². The fraction of sp³-hybridized carbons (Fsp3) is 0.938. The first kappa shape index (κ1) is 15.5. The second-order valence-corrected chi connectivity index (χ2v) is 5.62. The average Bonchev–Trinajstić information content (AvgIpc) is 2.77. The maximum absolute atomic E-state index is 11.2. The fourth-order valence-corrected chi connectivity index (χ4v) is 2.68. The number of ether oxygens (including phenoxy) is 1. The van der Waals surface area contributed by atoms with Crippen LogP contribution in [0.3, 0.4) is 0 Å². The van der Waals surface area contributed by atoms with E-state index in [1.54, 1.807) is 0 Å². The second kappa shape index (κ2) is 10.4. The maximum atomic E-state index is 11.2. The summed E-state index contributed by atoms with van der Waals surface area (Å²) in [7, 11) is 0. The summed E-state index contributed by atoms with van der Waals surface area (Å²) in [5, 5.41) is 0. The summed E-state index contributed by atoms with van der Waals surface area (Å²) in [6.45, 7) is 2.92. The first-order chi connectivity index (χ1) is 8.84. The fourth-order valence-electron chi connectivity index (χ4n) is 2.68. The Morgan fingerprint density at radius 2 is 1.50 bits per heavy atom. The molecule has 0 radical (unpaired) electrons. The highest BCUT2D eigenvalue weighted by Crippen LogP contribution is 2.21. The minimum absolute atomic E-state index is 0.0472. The molecule has 0 N–H and O–H groups in total. The summed E-state index contributed by atoms with van der Waals surface area (Å²) >= 11 is 0. The Kier molecular flexibility index (Phi) is 8.97. The Bertz CT molecular complexity index is 213. The summed E-state index contributed by atoms with van der Waals surface area (Å²) in [6, 6.07) is 0. The zero-order valence-electron chi connectivity index (χ0n) is 12.1. The molecule has 106 valence electrons. The quantitative estimate of drug-likeness (QED) is 0.389. The Labute approximate surface area is 112 Å². The van der Waals surface area contributed by atoms with Crippen LogP contribution >= 0.6 is 0 Å².